The number of unbranched alkanes of at least 4 members (excludes halogenated alkanes) is 9. The summed E-state index contributed by atoms with van der Waals surface area (Å²) in [5, 5.41) is 0. The first-order chi connectivity index (χ1) is 9.74. The second kappa shape index (κ2) is 13.7. The predicted octanol–water partition coefficient (Wildman–Crippen LogP) is 7.22. The molecule has 20 heavy (non-hydrogen) atoms. The topological polar surface area (TPSA) is 0 Å². The molecule has 0 spiro atoms. The lowest BCUT2D eigenvalue weighted by molar-refractivity contribution is 0.584. The molecule has 0 aromatic rings. The van der Waals surface area contributed by atoms with E-state index in [9.17, 15) is 0 Å². The van der Waals surface area contributed by atoms with Crippen molar-refractivity contribution in [1.82, 2.24) is 0 Å². The van der Waals surface area contributed by atoms with Crippen LogP contribution >= 0.6 is 0 Å². The van der Waals surface area contributed by atoms with E-state index in [0.717, 1.165) is 0 Å². The van der Waals surface area contributed by atoms with Gasteiger partial charge < -0.3 is 0 Å². The van der Waals surface area contributed by atoms with Crippen LogP contribution in [0.15, 0.2) is 24.6 Å². The number of rotatable bonds is 15. The molecule has 0 rings (SSSR count). The Labute approximate surface area is 129 Å². The summed E-state index contributed by atoms with van der Waals surface area (Å²) >= 11 is 0. The zero-order valence-corrected chi connectivity index (χ0v) is 15.3. The Morgan fingerprint density at radius 2 is 0.950 bits per heavy atom. The molecule has 0 radical (unpaired) electrons. The molecule has 118 valence electrons. The van der Waals surface area contributed by atoms with Gasteiger partial charge in [-0.05, 0) is 0 Å². The van der Waals surface area contributed by atoms with Gasteiger partial charge in [0.25, 0.3) is 0 Å². The predicted molar refractivity (Wildman–Crippen MR) is 97.9 cm³/mol. The van der Waals surface area contributed by atoms with Crippen molar-refractivity contribution in [3.8, 4) is 0 Å². The van der Waals surface area contributed by atoms with Crippen LogP contribution < -0.4 is 0 Å². The van der Waals surface area contributed by atoms with Gasteiger partial charge in [0.1, 0.15) is 8.07 Å². The maximum atomic E-state index is 4.12. The van der Waals surface area contributed by atoms with Crippen molar-refractivity contribution < 1.29 is 0 Å². The van der Waals surface area contributed by atoms with Crippen molar-refractivity contribution in [3.63, 3.8) is 0 Å². The molecule has 0 atom stereocenters. The summed E-state index contributed by atoms with van der Waals surface area (Å²) in [6, 6.07) is 2.77. The highest BCUT2D eigenvalue weighted by Gasteiger charge is 2.24. The molecule has 0 aliphatic carbocycles. The van der Waals surface area contributed by atoms with Gasteiger partial charge in [-0.3, -0.25) is 0 Å². The first kappa shape index (κ1) is 19.7. The van der Waals surface area contributed by atoms with Gasteiger partial charge in [0, 0.05) is 0 Å². The van der Waals surface area contributed by atoms with Crippen LogP contribution in [0.3, 0.4) is 0 Å². The Bertz CT molecular complexity index is 224. The maximum absolute atomic E-state index is 4.12. The molecule has 0 bridgehead atoms. The normalized spacial score (nSPS) is 11.5. The second-order valence-electron chi connectivity index (χ2n) is 6.32. The standard InChI is InChI=1S/C19H38Si/c1-5-9-11-12-13-14-15-17-19-20(7-3,8-4)18-16-10-6-2/h7-8H,3-6,9-19H2,1-2H3. The molecular formula is C19H38Si. The van der Waals surface area contributed by atoms with E-state index >= 15 is 0 Å². The van der Waals surface area contributed by atoms with Gasteiger partial charge in [-0.15, -0.1) is 13.2 Å². The van der Waals surface area contributed by atoms with E-state index in [-0.39, 0.29) is 0 Å². The smallest absolute Gasteiger partial charge is 0.100 e. The van der Waals surface area contributed by atoms with Crippen LogP contribution in [0, 0.1) is 0 Å². The summed E-state index contributed by atoms with van der Waals surface area (Å²) in [4.78, 5) is 0. The van der Waals surface area contributed by atoms with E-state index in [1.165, 1.54) is 82.7 Å². The van der Waals surface area contributed by atoms with E-state index in [1.54, 1.807) is 0 Å². The minimum Gasteiger partial charge on any atom is -0.107 e. The minimum atomic E-state index is -1.33. The maximum Gasteiger partial charge on any atom is 0.100 e. The van der Waals surface area contributed by atoms with Crippen molar-refractivity contribution in [2.45, 2.75) is 96.6 Å². The Hall–Kier alpha value is -0.303. The molecule has 0 N–H and O–H groups in total. The Morgan fingerprint density at radius 1 is 0.600 bits per heavy atom. The molecule has 0 aromatic carbocycles. The minimum absolute atomic E-state index is 1.32. The molecule has 0 heterocycles. The molecule has 0 fully saturated rings. The average Bonchev–Trinajstić information content (AvgIpc) is 2.48. The molecule has 0 saturated carbocycles. The molecule has 1 heteroatoms. The van der Waals surface area contributed by atoms with Crippen LogP contribution in [0.1, 0.15) is 84.5 Å². The van der Waals surface area contributed by atoms with E-state index in [4.69, 9.17) is 0 Å². The molecule has 0 nitrogen and oxygen atoms in total. The average molecular weight is 295 g/mol. The van der Waals surface area contributed by atoms with Gasteiger partial charge in [0.15, 0.2) is 0 Å². The van der Waals surface area contributed by atoms with Crippen molar-refractivity contribution in [1.29, 1.82) is 0 Å². The van der Waals surface area contributed by atoms with E-state index in [2.05, 4.69) is 38.4 Å². The third kappa shape index (κ3) is 9.58. The SMILES string of the molecule is C=C[Si](C=C)(CCCCC)CCCCCCCCCC. The highest BCUT2D eigenvalue weighted by atomic mass is 28.3. The van der Waals surface area contributed by atoms with Gasteiger partial charge in [0.05, 0.1) is 0 Å². The lowest BCUT2D eigenvalue weighted by atomic mass is 10.1. The van der Waals surface area contributed by atoms with Gasteiger partial charge in [-0.25, -0.2) is 0 Å². The largest absolute Gasteiger partial charge is 0.107 e. The van der Waals surface area contributed by atoms with E-state index < -0.39 is 8.07 Å². The fraction of sp³-hybridized carbons (Fsp3) is 0.789. The summed E-state index contributed by atoms with van der Waals surface area (Å²) in [5.41, 5.74) is 4.58. The fourth-order valence-corrected chi connectivity index (χ4v) is 5.96. The zero-order chi connectivity index (χ0) is 15.1. The molecule has 0 saturated heterocycles. The zero-order valence-electron chi connectivity index (χ0n) is 14.3. The van der Waals surface area contributed by atoms with E-state index in [0.29, 0.717) is 0 Å². The van der Waals surface area contributed by atoms with Crippen LogP contribution in [0.5, 0.6) is 0 Å². The first-order valence-electron chi connectivity index (χ1n) is 9.02. The van der Waals surface area contributed by atoms with Gasteiger partial charge in [0.2, 0.25) is 0 Å². The fourth-order valence-electron chi connectivity index (χ4n) is 2.91. The molecule has 0 amide bonds. The van der Waals surface area contributed by atoms with Crippen LogP contribution in [0.2, 0.25) is 12.1 Å². The molecule has 0 aromatic heterocycles. The summed E-state index contributed by atoms with van der Waals surface area (Å²) < 4.78 is 0. The summed E-state index contributed by atoms with van der Waals surface area (Å²) in [6.07, 6.45) is 15.4. The van der Waals surface area contributed by atoms with Crippen molar-refractivity contribution in [2.24, 2.45) is 0 Å². The first-order valence-corrected chi connectivity index (χ1v) is 11.6. The monoisotopic (exact) mass is 294 g/mol. The van der Waals surface area contributed by atoms with Gasteiger partial charge >= 0.3 is 0 Å². The molecule has 0 unspecified atom stereocenters. The van der Waals surface area contributed by atoms with Gasteiger partial charge in [-0.1, -0.05) is 108 Å². The Kier molecular flexibility index (Phi) is 13.5. The Balaban J connectivity index is 3.74. The third-order valence-corrected chi connectivity index (χ3v) is 8.75. The lowest BCUT2D eigenvalue weighted by Crippen LogP contribution is -2.29. The summed E-state index contributed by atoms with van der Waals surface area (Å²) in [6.45, 7) is 12.8. The lowest BCUT2D eigenvalue weighted by Gasteiger charge is -2.24. The molecular weight excluding hydrogens is 256 g/mol. The van der Waals surface area contributed by atoms with E-state index in [1.807, 2.05) is 0 Å². The highest BCUT2D eigenvalue weighted by Crippen LogP contribution is 2.25. The van der Waals surface area contributed by atoms with Gasteiger partial charge in [-0.2, -0.15) is 0 Å². The van der Waals surface area contributed by atoms with Crippen LogP contribution in [0.25, 0.3) is 0 Å². The Morgan fingerprint density at radius 3 is 1.40 bits per heavy atom. The molecule has 0 aliphatic heterocycles. The van der Waals surface area contributed by atoms with Crippen molar-refractivity contribution in [2.75, 3.05) is 0 Å². The summed E-state index contributed by atoms with van der Waals surface area (Å²) in [7, 11) is -1.33. The van der Waals surface area contributed by atoms with Crippen molar-refractivity contribution in [3.05, 3.63) is 24.6 Å². The highest BCUT2D eigenvalue weighted by molar-refractivity contribution is 6.88. The van der Waals surface area contributed by atoms with Crippen LogP contribution in [-0.4, -0.2) is 8.07 Å². The quantitative estimate of drug-likeness (QED) is 0.221. The van der Waals surface area contributed by atoms with Crippen molar-refractivity contribution >= 4 is 8.07 Å². The third-order valence-electron chi connectivity index (χ3n) is 4.55. The van der Waals surface area contributed by atoms with Crippen LogP contribution in [0.4, 0.5) is 0 Å². The van der Waals surface area contributed by atoms with Crippen LogP contribution in [-0.2, 0) is 0 Å². The second-order valence-corrected chi connectivity index (χ2v) is 10.6. The number of hydrogen-bond donors (Lipinski definition) is 0. The number of hydrogen-bond acceptors (Lipinski definition) is 0. The summed E-state index contributed by atoms with van der Waals surface area (Å²) in [5.74, 6) is 0. The molecule has 0 aliphatic rings.